The number of nitriles is 1. The van der Waals surface area contributed by atoms with Crippen LogP contribution in [0, 0.1) is 11.3 Å². The highest BCUT2D eigenvalue weighted by Crippen LogP contribution is 2.03. The lowest BCUT2D eigenvalue weighted by Crippen LogP contribution is -2.47. The van der Waals surface area contributed by atoms with Gasteiger partial charge in [0.2, 0.25) is 11.8 Å². The van der Waals surface area contributed by atoms with Crippen molar-refractivity contribution in [1.82, 2.24) is 10.6 Å². The summed E-state index contributed by atoms with van der Waals surface area (Å²) in [5.74, 6) is -1.20. The molecule has 1 atom stereocenters. The lowest BCUT2D eigenvalue weighted by Gasteiger charge is -2.15. The number of hydrogen-bond acceptors (Lipinski definition) is 5. The third-order valence-electron chi connectivity index (χ3n) is 3.32. The van der Waals surface area contributed by atoms with Gasteiger partial charge in [0.25, 0.3) is 0 Å². The summed E-state index contributed by atoms with van der Waals surface area (Å²) in [5.41, 5.74) is 6.06. The second-order valence-electron chi connectivity index (χ2n) is 5.34. The molecule has 0 aliphatic heterocycles. The molecule has 0 saturated heterocycles. The minimum Gasteiger partial charge on any atom is -0.445 e. The van der Waals surface area contributed by atoms with E-state index in [1.54, 1.807) is 0 Å². The summed E-state index contributed by atoms with van der Waals surface area (Å²) in [7, 11) is 0. The lowest BCUT2D eigenvalue weighted by atomic mass is 10.1. The Morgan fingerprint density at radius 2 is 1.92 bits per heavy atom. The molecule has 4 N–H and O–H groups in total. The van der Waals surface area contributed by atoms with Gasteiger partial charge < -0.3 is 21.1 Å². The number of hydrogen-bond donors (Lipinski definition) is 3. The van der Waals surface area contributed by atoms with Crippen LogP contribution in [-0.4, -0.2) is 30.5 Å². The van der Waals surface area contributed by atoms with Gasteiger partial charge in [-0.3, -0.25) is 9.59 Å². The third-order valence-corrected chi connectivity index (χ3v) is 3.32. The number of nitrogens with two attached hydrogens (primary N) is 1. The molecule has 1 aromatic rings. The van der Waals surface area contributed by atoms with E-state index in [1.807, 2.05) is 36.4 Å². The van der Waals surface area contributed by atoms with Gasteiger partial charge in [0.1, 0.15) is 19.2 Å². The number of nitrogens with one attached hydrogen (secondary N) is 2. The molecule has 25 heavy (non-hydrogen) atoms. The maximum Gasteiger partial charge on any atom is 0.407 e. The quantitative estimate of drug-likeness (QED) is 0.543. The number of amides is 3. The first-order chi connectivity index (χ1) is 12.0. The van der Waals surface area contributed by atoms with E-state index in [1.165, 1.54) is 0 Å². The van der Waals surface area contributed by atoms with E-state index in [2.05, 4.69) is 10.6 Å². The number of carbonyl (C=O) groups excluding carboxylic acids is 3. The van der Waals surface area contributed by atoms with Crippen LogP contribution in [0.15, 0.2) is 30.3 Å². The normalized spacial score (nSPS) is 11.0. The molecule has 0 aromatic heterocycles. The second-order valence-corrected chi connectivity index (χ2v) is 5.34. The van der Waals surface area contributed by atoms with Crippen molar-refractivity contribution in [2.24, 2.45) is 5.73 Å². The van der Waals surface area contributed by atoms with Crippen LogP contribution in [0.4, 0.5) is 4.79 Å². The van der Waals surface area contributed by atoms with Gasteiger partial charge in [0.05, 0.1) is 6.07 Å². The summed E-state index contributed by atoms with van der Waals surface area (Å²) in [5, 5.41) is 13.2. The summed E-state index contributed by atoms with van der Waals surface area (Å²) >= 11 is 0. The molecule has 1 rings (SSSR count). The molecule has 0 heterocycles. The van der Waals surface area contributed by atoms with Crippen LogP contribution in [0.5, 0.6) is 0 Å². The molecular formula is C17H22N4O4. The van der Waals surface area contributed by atoms with Gasteiger partial charge in [-0.15, -0.1) is 0 Å². The fourth-order valence-corrected chi connectivity index (χ4v) is 2.01. The molecule has 134 valence electrons. The highest BCUT2D eigenvalue weighted by molar-refractivity contribution is 5.88. The van der Waals surface area contributed by atoms with Crippen molar-refractivity contribution in [3.8, 4) is 6.07 Å². The zero-order valence-corrected chi connectivity index (χ0v) is 13.9. The van der Waals surface area contributed by atoms with Gasteiger partial charge in [-0.05, 0) is 24.8 Å². The van der Waals surface area contributed by atoms with Crippen LogP contribution < -0.4 is 16.4 Å². The molecule has 3 amide bonds. The molecule has 0 spiro atoms. The van der Waals surface area contributed by atoms with E-state index >= 15 is 0 Å². The van der Waals surface area contributed by atoms with Crippen molar-refractivity contribution in [3.63, 3.8) is 0 Å². The van der Waals surface area contributed by atoms with Crippen LogP contribution in [0.2, 0.25) is 0 Å². The number of ether oxygens (including phenoxy) is 1. The zero-order valence-electron chi connectivity index (χ0n) is 13.9. The number of primary amides is 1. The summed E-state index contributed by atoms with van der Waals surface area (Å²) in [6.45, 7) is -0.229. The molecule has 8 nitrogen and oxygen atoms in total. The van der Waals surface area contributed by atoms with Crippen LogP contribution in [0.1, 0.15) is 31.2 Å². The molecule has 1 aromatic carbocycles. The minimum atomic E-state index is -0.826. The highest BCUT2D eigenvalue weighted by atomic mass is 16.5. The van der Waals surface area contributed by atoms with Gasteiger partial charge in [-0.1, -0.05) is 30.3 Å². The first-order valence-corrected chi connectivity index (χ1v) is 7.93. The molecular weight excluding hydrogens is 324 g/mol. The Bertz CT molecular complexity index is 613. The summed E-state index contributed by atoms with van der Waals surface area (Å²) < 4.78 is 4.97. The fraction of sp³-hybridized carbons (Fsp3) is 0.412. The Morgan fingerprint density at radius 1 is 1.20 bits per heavy atom. The van der Waals surface area contributed by atoms with Gasteiger partial charge in [-0.25, -0.2) is 4.79 Å². The number of rotatable bonds is 10. The molecule has 0 fully saturated rings. The molecule has 0 unspecified atom stereocenters. The second kappa shape index (κ2) is 11.5. The largest absolute Gasteiger partial charge is 0.445 e. The van der Waals surface area contributed by atoms with Gasteiger partial charge in [0, 0.05) is 6.42 Å². The molecule has 0 saturated carbocycles. The number of unbranched alkanes of at least 4 members (excludes halogenated alkanes) is 2. The van der Waals surface area contributed by atoms with E-state index in [0.717, 1.165) is 5.56 Å². The number of benzene rings is 1. The van der Waals surface area contributed by atoms with Crippen molar-refractivity contribution in [2.45, 2.75) is 38.3 Å². The Kier molecular flexibility index (Phi) is 9.15. The van der Waals surface area contributed by atoms with Gasteiger partial charge in [-0.2, -0.15) is 5.26 Å². The maximum absolute atomic E-state index is 11.8. The molecule has 8 heteroatoms. The van der Waals surface area contributed by atoms with Gasteiger partial charge in [0.15, 0.2) is 0 Å². The van der Waals surface area contributed by atoms with E-state index < -0.39 is 23.9 Å². The monoisotopic (exact) mass is 346 g/mol. The van der Waals surface area contributed by atoms with E-state index in [4.69, 9.17) is 15.7 Å². The summed E-state index contributed by atoms with van der Waals surface area (Å²) in [4.78, 5) is 34.7. The van der Waals surface area contributed by atoms with E-state index in [9.17, 15) is 14.4 Å². The Morgan fingerprint density at radius 3 is 2.56 bits per heavy atom. The standard InChI is InChI=1S/C17H22N4O4/c18-10-6-2-5-9-14(16(19)23)21-15(22)11-20-17(24)25-12-13-7-3-1-4-8-13/h1,3-4,7-8,14H,2,5-6,9,11-12H2,(H2,19,23)(H,20,24)(H,21,22)/t14-/m1/s1. The maximum atomic E-state index is 11.8. The van der Waals surface area contributed by atoms with Crippen molar-refractivity contribution in [1.29, 1.82) is 5.26 Å². The predicted octanol–water partition coefficient (Wildman–Crippen LogP) is 0.967. The fourth-order valence-electron chi connectivity index (χ4n) is 2.01. The number of carbonyl (C=O) groups is 3. The van der Waals surface area contributed by atoms with Crippen molar-refractivity contribution >= 4 is 17.9 Å². The zero-order chi connectivity index (χ0) is 18.5. The SMILES string of the molecule is N#CCCCC[C@@H](NC(=O)CNC(=O)OCc1ccccc1)C(N)=O. The van der Waals surface area contributed by atoms with Crippen molar-refractivity contribution in [2.75, 3.05) is 6.54 Å². The minimum absolute atomic E-state index is 0.0943. The predicted molar refractivity (Wildman–Crippen MR) is 89.8 cm³/mol. The van der Waals surface area contributed by atoms with Gasteiger partial charge >= 0.3 is 6.09 Å². The summed E-state index contributed by atoms with van der Waals surface area (Å²) in [6, 6.07) is 10.3. The molecule has 0 bridgehead atoms. The topological polar surface area (TPSA) is 134 Å². The van der Waals surface area contributed by atoms with E-state index in [0.29, 0.717) is 25.7 Å². The lowest BCUT2D eigenvalue weighted by molar-refractivity contribution is -0.127. The molecule has 0 aliphatic rings. The first kappa shape index (κ1) is 20.0. The Balaban J connectivity index is 2.28. The number of nitrogens with zero attached hydrogens (tertiary/aromatic N) is 1. The van der Waals surface area contributed by atoms with Crippen LogP contribution >= 0.6 is 0 Å². The third kappa shape index (κ3) is 8.95. The number of alkyl carbamates (subject to hydrolysis) is 1. The van der Waals surface area contributed by atoms with Crippen molar-refractivity contribution in [3.05, 3.63) is 35.9 Å². The molecule has 0 aliphatic carbocycles. The Labute approximate surface area is 146 Å². The first-order valence-electron chi connectivity index (χ1n) is 7.93. The Hall–Kier alpha value is -3.08. The highest BCUT2D eigenvalue weighted by Gasteiger charge is 2.18. The van der Waals surface area contributed by atoms with Crippen LogP contribution in [0.3, 0.4) is 0 Å². The summed E-state index contributed by atoms with van der Waals surface area (Å²) in [6.07, 6.45) is 1.22. The average molecular weight is 346 g/mol. The van der Waals surface area contributed by atoms with Crippen LogP contribution in [0.25, 0.3) is 0 Å². The van der Waals surface area contributed by atoms with Crippen molar-refractivity contribution < 1.29 is 19.1 Å². The molecule has 0 radical (unpaired) electrons. The van der Waals surface area contributed by atoms with Crippen LogP contribution in [-0.2, 0) is 20.9 Å². The van der Waals surface area contributed by atoms with E-state index in [-0.39, 0.29) is 13.2 Å². The average Bonchev–Trinajstić information content (AvgIpc) is 2.61. The smallest absolute Gasteiger partial charge is 0.407 e.